The molecule has 4 nitrogen and oxygen atoms in total. The molecular weight excluding hydrogens is 303 g/mol. The van der Waals surface area contributed by atoms with Crippen LogP contribution in [-0.4, -0.2) is 14.5 Å². The topological polar surface area (TPSA) is 54.5 Å². The summed E-state index contributed by atoms with van der Waals surface area (Å²) < 4.78 is 15.9. The highest BCUT2D eigenvalue weighted by molar-refractivity contribution is 6.31. The minimum Gasteiger partial charge on any atom is -0.309 e. The minimum absolute atomic E-state index is 0.342. The van der Waals surface area contributed by atoms with Crippen LogP contribution < -0.4 is 0 Å². The van der Waals surface area contributed by atoms with E-state index in [0.29, 0.717) is 47.0 Å². The number of pyridine rings is 1. The molecule has 0 saturated carbocycles. The maximum absolute atomic E-state index is 14.1. The van der Waals surface area contributed by atoms with Crippen LogP contribution in [0.25, 0.3) is 22.6 Å². The van der Waals surface area contributed by atoms with Crippen molar-refractivity contribution >= 4 is 22.8 Å². The summed E-state index contributed by atoms with van der Waals surface area (Å²) in [4.78, 5) is 8.77. The van der Waals surface area contributed by atoms with E-state index in [1.165, 1.54) is 12.3 Å². The first-order valence-electron chi connectivity index (χ1n) is 6.84. The molecule has 0 amide bonds. The number of hydrogen-bond donors (Lipinski definition) is 0. The number of unbranched alkanes of at least 4 members (excludes halogenated alkanes) is 1. The van der Waals surface area contributed by atoms with Gasteiger partial charge in [-0.15, -0.1) is 0 Å². The van der Waals surface area contributed by atoms with E-state index in [9.17, 15) is 4.39 Å². The number of hydrogen-bond acceptors (Lipinski definition) is 3. The maximum Gasteiger partial charge on any atom is 0.160 e. The molecule has 0 spiro atoms. The summed E-state index contributed by atoms with van der Waals surface area (Å²) in [6, 6.07) is 10.3. The second-order valence-corrected chi connectivity index (χ2v) is 5.26. The van der Waals surface area contributed by atoms with Crippen molar-refractivity contribution in [2.75, 3.05) is 0 Å². The van der Waals surface area contributed by atoms with Crippen molar-refractivity contribution in [3.8, 4) is 17.5 Å². The molecule has 0 unspecified atom stereocenters. The van der Waals surface area contributed by atoms with Crippen LogP contribution in [0, 0.1) is 17.1 Å². The Labute approximate surface area is 131 Å². The molecule has 2 aromatic heterocycles. The first-order valence-corrected chi connectivity index (χ1v) is 7.22. The van der Waals surface area contributed by atoms with Gasteiger partial charge in [0.2, 0.25) is 0 Å². The third-order valence-corrected chi connectivity index (χ3v) is 3.54. The number of imidazole rings is 1. The van der Waals surface area contributed by atoms with Crippen molar-refractivity contribution < 1.29 is 4.39 Å². The second kappa shape index (κ2) is 6.12. The van der Waals surface area contributed by atoms with E-state index < -0.39 is 0 Å². The van der Waals surface area contributed by atoms with Gasteiger partial charge in [0, 0.05) is 19.2 Å². The van der Waals surface area contributed by atoms with Crippen LogP contribution in [0.15, 0.2) is 36.5 Å². The van der Waals surface area contributed by atoms with Gasteiger partial charge in [-0.05, 0) is 24.6 Å². The van der Waals surface area contributed by atoms with E-state index in [4.69, 9.17) is 16.9 Å². The summed E-state index contributed by atoms with van der Waals surface area (Å²) in [5.41, 5.74) is 1.66. The van der Waals surface area contributed by atoms with Crippen LogP contribution in [0.1, 0.15) is 12.8 Å². The fourth-order valence-corrected chi connectivity index (χ4v) is 2.51. The van der Waals surface area contributed by atoms with Crippen molar-refractivity contribution in [3.05, 3.63) is 47.4 Å². The second-order valence-electron chi connectivity index (χ2n) is 4.82. The van der Waals surface area contributed by atoms with Crippen LogP contribution in [-0.2, 0) is 6.54 Å². The first-order chi connectivity index (χ1) is 10.7. The van der Waals surface area contributed by atoms with Crippen molar-refractivity contribution in [2.24, 2.45) is 0 Å². The van der Waals surface area contributed by atoms with Gasteiger partial charge in [0.05, 0.1) is 16.7 Å². The molecule has 0 fully saturated rings. The molecule has 0 aliphatic carbocycles. The Kier molecular flexibility index (Phi) is 4.03. The molecular formula is C16H12ClFN4. The van der Waals surface area contributed by atoms with Crippen LogP contribution in [0.2, 0.25) is 5.02 Å². The standard InChI is InChI=1S/C16H12ClFN4/c17-11-9-14-16(20-10-11)22(8-4-3-7-19)15(21-14)12-5-1-2-6-13(12)18/h1-2,5-6,9-10H,3-4,8H2. The highest BCUT2D eigenvalue weighted by atomic mass is 35.5. The maximum atomic E-state index is 14.1. The van der Waals surface area contributed by atoms with Crippen LogP contribution in [0.3, 0.4) is 0 Å². The normalized spacial score (nSPS) is 10.8. The molecule has 0 radical (unpaired) electrons. The van der Waals surface area contributed by atoms with E-state index >= 15 is 0 Å². The average Bonchev–Trinajstić information content (AvgIpc) is 2.85. The first kappa shape index (κ1) is 14.5. The minimum atomic E-state index is -0.342. The zero-order chi connectivity index (χ0) is 15.5. The predicted molar refractivity (Wildman–Crippen MR) is 82.8 cm³/mol. The number of aryl methyl sites for hydroxylation is 1. The molecule has 0 aliphatic heterocycles. The van der Waals surface area contributed by atoms with Crippen molar-refractivity contribution in [2.45, 2.75) is 19.4 Å². The van der Waals surface area contributed by atoms with Crippen molar-refractivity contribution in [1.29, 1.82) is 5.26 Å². The molecule has 3 aromatic rings. The Balaban J connectivity index is 2.17. The Hall–Kier alpha value is -2.45. The molecule has 22 heavy (non-hydrogen) atoms. The van der Waals surface area contributed by atoms with Crippen LogP contribution >= 0.6 is 11.6 Å². The molecule has 3 rings (SSSR count). The lowest BCUT2D eigenvalue weighted by molar-refractivity contribution is 0.623. The molecule has 6 heteroatoms. The Morgan fingerprint density at radius 2 is 2.14 bits per heavy atom. The average molecular weight is 315 g/mol. The highest BCUT2D eigenvalue weighted by Gasteiger charge is 2.16. The summed E-state index contributed by atoms with van der Waals surface area (Å²) >= 11 is 5.96. The van der Waals surface area contributed by atoms with E-state index in [1.54, 1.807) is 24.3 Å². The summed E-state index contributed by atoms with van der Waals surface area (Å²) in [5, 5.41) is 9.19. The van der Waals surface area contributed by atoms with E-state index in [-0.39, 0.29) is 5.82 Å². The molecule has 2 heterocycles. The molecule has 0 saturated heterocycles. The Morgan fingerprint density at radius 1 is 1.32 bits per heavy atom. The fraction of sp³-hybridized carbons (Fsp3) is 0.188. The number of fused-ring (bicyclic) bond motifs is 1. The number of benzene rings is 1. The monoisotopic (exact) mass is 314 g/mol. The summed E-state index contributed by atoms with van der Waals surface area (Å²) in [6.07, 6.45) is 2.61. The van der Waals surface area contributed by atoms with E-state index in [2.05, 4.69) is 16.0 Å². The SMILES string of the molecule is N#CCCCn1c(-c2ccccc2F)nc2cc(Cl)cnc21. The summed E-state index contributed by atoms with van der Waals surface area (Å²) in [6.45, 7) is 0.544. The van der Waals surface area contributed by atoms with Gasteiger partial charge in [-0.25, -0.2) is 14.4 Å². The Morgan fingerprint density at radius 3 is 2.91 bits per heavy atom. The van der Waals surface area contributed by atoms with Gasteiger partial charge in [0.15, 0.2) is 5.65 Å². The quantitative estimate of drug-likeness (QED) is 0.678. The zero-order valence-electron chi connectivity index (χ0n) is 11.6. The summed E-state index contributed by atoms with van der Waals surface area (Å²) in [5.74, 6) is 0.159. The lowest BCUT2D eigenvalue weighted by Crippen LogP contribution is -2.02. The van der Waals surface area contributed by atoms with Crippen LogP contribution in [0.4, 0.5) is 4.39 Å². The fourth-order valence-electron chi connectivity index (χ4n) is 2.36. The van der Waals surface area contributed by atoms with Gasteiger partial charge in [0.1, 0.15) is 17.2 Å². The molecule has 110 valence electrons. The van der Waals surface area contributed by atoms with Crippen molar-refractivity contribution in [1.82, 2.24) is 14.5 Å². The third-order valence-electron chi connectivity index (χ3n) is 3.34. The third kappa shape index (κ3) is 2.66. The number of nitriles is 1. The summed E-state index contributed by atoms with van der Waals surface area (Å²) in [7, 11) is 0. The van der Waals surface area contributed by atoms with Gasteiger partial charge in [0.25, 0.3) is 0 Å². The van der Waals surface area contributed by atoms with E-state index in [0.717, 1.165) is 0 Å². The van der Waals surface area contributed by atoms with Gasteiger partial charge >= 0.3 is 0 Å². The van der Waals surface area contributed by atoms with Gasteiger partial charge in [-0.2, -0.15) is 5.26 Å². The lowest BCUT2D eigenvalue weighted by atomic mass is 10.2. The van der Waals surface area contributed by atoms with Crippen molar-refractivity contribution in [3.63, 3.8) is 0 Å². The van der Waals surface area contributed by atoms with Crippen LogP contribution in [0.5, 0.6) is 0 Å². The highest BCUT2D eigenvalue weighted by Crippen LogP contribution is 2.27. The number of aromatic nitrogens is 3. The number of nitrogens with zero attached hydrogens (tertiary/aromatic N) is 4. The number of halogens is 2. The molecule has 1 aromatic carbocycles. The Bertz CT molecular complexity index is 866. The van der Waals surface area contributed by atoms with E-state index in [1.807, 2.05) is 4.57 Å². The molecule has 0 N–H and O–H groups in total. The lowest BCUT2D eigenvalue weighted by Gasteiger charge is -2.08. The largest absolute Gasteiger partial charge is 0.309 e. The molecule has 0 atom stereocenters. The zero-order valence-corrected chi connectivity index (χ0v) is 12.4. The predicted octanol–water partition coefficient (Wildman–Crippen LogP) is 4.19. The van der Waals surface area contributed by atoms with Gasteiger partial charge in [-0.3, -0.25) is 0 Å². The smallest absolute Gasteiger partial charge is 0.160 e. The van der Waals surface area contributed by atoms with Gasteiger partial charge < -0.3 is 4.57 Å². The molecule has 0 aliphatic rings. The number of rotatable bonds is 4. The van der Waals surface area contributed by atoms with Gasteiger partial charge in [-0.1, -0.05) is 23.7 Å². The molecule has 0 bridgehead atoms.